The van der Waals surface area contributed by atoms with Gasteiger partial charge >= 0.3 is 0 Å². The van der Waals surface area contributed by atoms with Crippen LogP contribution in [-0.4, -0.2) is 22.7 Å². The lowest BCUT2D eigenvalue weighted by Crippen LogP contribution is -2.30. The molecule has 0 fully saturated rings. The Morgan fingerprint density at radius 1 is 1.33 bits per heavy atom. The maximum atomic E-state index is 13.1. The molecule has 0 aliphatic rings. The first-order valence-electron chi connectivity index (χ1n) is 4.62. The van der Waals surface area contributed by atoms with Crippen LogP contribution in [0, 0.1) is 0 Å². The molecule has 1 aromatic heterocycles. The molecule has 3 N–H and O–H groups in total. The van der Waals surface area contributed by atoms with E-state index in [1.807, 2.05) is 6.07 Å². The highest BCUT2D eigenvalue weighted by Crippen LogP contribution is 2.22. The van der Waals surface area contributed by atoms with E-state index in [4.69, 9.17) is 5.73 Å². The predicted octanol–water partition coefficient (Wildman–Crippen LogP) is 1.70. The molecule has 5 heteroatoms. The van der Waals surface area contributed by atoms with Crippen molar-refractivity contribution in [3.8, 4) is 0 Å². The Morgan fingerprint density at radius 2 is 2.07 bits per heavy atom. The van der Waals surface area contributed by atoms with Crippen molar-refractivity contribution in [1.29, 1.82) is 0 Å². The van der Waals surface area contributed by atoms with E-state index in [-0.39, 0.29) is 0 Å². The van der Waals surface area contributed by atoms with Crippen molar-refractivity contribution < 1.29 is 8.78 Å². The van der Waals surface area contributed by atoms with Crippen LogP contribution in [0.2, 0.25) is 0 Å². The average Bonchev–Trinajstić information content (AvgIpc) is 2.62. The van der Waals surface area contributed by atoms with E-state index in [0.717, 1.165) is 5.39 Å². The molecule has 0 radical (unpaired) electrons. The first kappa shape index (κ1) is 10.0. The number of nitrogens with one attached hydrogen (secondary N) is 1. The highest BCUT2D eigenvalue weighted by molar-refractivity contribution is 5.81. The largest absolute Gasteiger partial charge is 0.325 e. The van der Waals surface area contributed by atoms with Gasteiger partial charge in [-0.2, -0.15) is 5.10 Å². The second-order valence-corrected chi connectivity index (χ2v) is 3.46. The van der Waals surface area contributed by atoms with Crippen LogP contribution >= 0.6 is 0 Å². The van der Waals surface area contributed by atoms with Crippen LogP contribution in [0.25, 0.3) is 10.9 Å². The van der Waals surface area contributed by atoms with Crippen LogP contribution in [0.4, 0.5) is 8.78 Å². The molecule has 0 spiro atoms. The van der Waals surface area contributed by atoms with Gasteiger partial charge in [0.2, 0.25) is 0 Å². The number of nitrogens with zero attached hydrogens (tertiary/aromatic N) is 1. The van der Waals surface area contributed by atoms with Crippen molar-refractivity contribution in [2.24, 2.45) is 5.73 Å². The number of halogens is 2. The fraction of sp³-hybridized carbons (Fsp3) is 0.300. The zero-order chi connectivity index (χ0) is 10.9. The van der Waals surface area contributed by atoms with Gasteiger partial charge in [0.25, 0.3) is 5.92 Å². The Bertz CT molecular complexity index is 464. The lowest BCUT2D eigenvalue weighted by Gasteiger charge is -2.12. The molecule has 1 aromatic carbocycles. The average molecular weight is 211 g/mol. The highest BCUT2D eigenvalue weighted by Gasteiger charge is 2.28. The minimum Gasteiger partial charge on any atom is -0.325 e. The molecule has 0 atom stereocenters. The maximum absolute atomic E-state index is 13.1. The number of rotatable bonds is 3. The second-order valence-electron chi connectivity index (χ2n) is 3.46. The summed E-state index contributed by atoms with van der Waals surface area (Å²) in [5.41, 5.74) is 6.11. The number of hydrogen-bond donors (Lipinski definition) is 2. The highest BCUT2D eigenvalue weighted by atomic mass is 19.3. The molecule has 0 saturated heterocycles. The van der Waals surface area contributed by atoms with Crippen molar-refractivity contribution in [1.82, 2.24) is 10.2 Å². The first-order chi connectivity index (χ1) is 7.12. The van der Waals surface area contributed by atoms with Crippen molar-refractivity contribution >= 4 is 10.9 Å². The minimum atomic E-state index is -2.88. The molecule has 0 saturated carbocycles. The van der Waals surface area contributed by atoms with Crippen molar-refractivity contribution in [3.63, 3.8) is 0 Å². The smallest absolute Gasteiger partial charge is 0.265 e. The third-order valence-corrected chi connectivity index (χ3v) is 2.27. The number of aromatic amines is 1. The lowest BCUT2D eigenvalue weighted by atomic mass is 10.1. The van der Waals surface area contributed by atoms with Gasteiger partial charge in [-0.15, -0.1) is 0 Å². The van der Waals surface area contributed by atoms with Crippen molar-refractivity contribution in [2.75, 3.05) is 6.54 Å². The second kappa shape index (κ2) is 3.58. The lowest BCUT2D eigenvalue weighted by molar-refractivity contribution is 0.0108. The molecule has 15 heavy (non-hydrogen) atoms. The van der Waals surface area contributed by atoms with E-state index in [0.29, 0.717) is 11.2 Å². The third-order valence-electron chi connectivity index (χ3n) is 2.27. The number of H-pyrrole nitrogens is 1. The molecule has 0 amide bonds. The quantitative estimate of drug-likeness (QED) is 0.811. The molecule has 2 aromatic rings. The molecule has 1 heterocycles. The summed E-state index contributed by atoms with van der Waals surface area (Å²) in [5.74, 6) is -2.88. The van der Waals surface area contributed by atoms with Gasteiger partial charge in [0.05, 0.1) is 18.5 Å². The van der Waals surface area contributed by atoms with Gasteiger partial charge in [-0.25, -0.2) is 8.78 Å². The molecular formula is C10H11F2N3. The van der Waals surface area contributed by atoms with Gasteiger partial charge in [-0.1, -0.05) is 18.2 Å². The summed E-state index contributed by atoms with van der Waals surface area (Å²) in [5, 5.41) is 7.28. The number of fused-ring (bicyclic) bond motifs is 1. The van der Waals surface area contributed by atoms with E-state index >= 15 is 0 Å². The van der Waals surface area contributed by atoms with Crippen molar-refractivity contribution in [3.05, 3.63) is 30.0 Å². The summed E-state index contributed by atoms with van der Waals surface area (Å²) in [6, 6.07) is 7.15. The number of aromatic nitrogens is 2. The summed E-state index contributed by atoms with van der Waals surface area (Å²) < 4.78 is 26.1. The molecule has 3 nitrogen and oxygen atoms in total. The van der Waals surface area contributed by atoms with E-state index < -0.39 is 18.9 Å². The maximum Gasteiger partial charge on any atom is 0.265 e. The van der Waals surface area contributed by atoms with Crippen LogP contribution in [0.1, 0.15) is 5.69 Å². The van der Waals surface area contributed by atoms with Crippen LogP contribution in [0.3, 0.4) is 0 Å². The van der Waals surface area contributed by atoms with Gasteiger partial charge < -0.3 is 5.73 Å². The molecular weight excluding hydrogens is 200 g/mol. The van der Waals surface area contributed by atoms with Gasteiger partial charge in [-0.05, 0) is 6.07 Å². The van der Waals surface area contributed by atoms with E-state index in [9.17, 15) is 8.78 Å². The summed E-state index contributed by atoms with van der Waals surface area (Å²) in [6.07, 6.45) is -0.399. The molecule has 0 unspecified atom stereocenters. The fourth-order valence-corrected chi connectivity index (χ4v) is 1.48. The SMILES string of the molecule is NCC(F)(F)Cc1[nH]nc2ccccc12. The fourth-order valence-electron chi connectivity index (χ4n) is 1.48. The molecule has 0 aliphatic heterocycles. The van der Waals surface area contributed by atoms with Crippen LogP contribution in [0.15, 0.2) is 24.3 Å². The van der Waals surface area contributed by atoms with Crippen LogP contribution in [-0.2, 0) is 6.42 Å². The van der Waals surface area contributed by atoms with E-state index in [1.165, 1.54) is 0 Å². The number of alkyl halides is 2. The van der Waals surface area contributed by atoms with E-state index in [2.05, 4.69) is 10.2 Å². The van der Waals surface area contributed by atoms with Gasteiger partial charge in [0, 0.05) is 11.1 Å². The van der Waals surface area contributed by atoms with Crippen LogP contribution < -0.4 is 5.73 Å². The predicted molar refractivity (Wildman–Crippen MR) is 53.8 cm³/mol. The monoisotopic (exact) mass is 211 g/mol. The standard InChI is InChI=1S/C10H11F2N3/c11-10(12,6-13)5-9-7-3-1-2-4-8(7)14-15-9/h1-4H,5-6,13H2,(H,14,15). The molecule has 80 valence electrons. The first-order valence-corrected chi connectivity index (χ1v) is 4.62. The summed E-state index contributed by atoms with van der Waals surface area (Å²) in [4.78, 5) is 0. The van der Waals surface area contributed by atoms with Crippen molar-refractivity contribution in [2.45, 2.75) is 12.3 Å². The Hall–Kier alpha value is -1.49. The summed E-state index contributed by atoms with van der Waals surface area (Å²) in [7, 11) is 0. The Morgan fingerprint density at radius 3 is 2.80 bits per heavy atom. The van der Waals surface area contributed by atoms with E-state index in [1.54, 1.807) is 18.2 Å². The summed E-state index contributed by atoms with van der Waals surface area (Å²) in [6.45, 7) is -0.652. The Balaban J connectivity index is 2.37. The zero-order valence-electron chi connectivity index (χ0n) is 8.00. The Labute approximate surface area is 85.3 Å². The normalized spacial score (nSPS) is 12.2. The Kier molecular flexibility index (Phi) is 2.40. The van der Waals surface area contributed by atoms with Crippen LogP contribution in [0.5, 0.6) is 0 Å². The van der Waals surface area contributed by atoms with Gasteiger partial charge in [-0.3, -0.25) is 5.10 Å². The number of hydrogen-bond acceptors (Lipinski definition) is 2. The van der Waals surface area contributed by atoms with Gasteiger partial charge in [0.1, 0.15) is 0 Å². The number of para-hydroxylation sites is 1. The topological polar surface area (TPSA) is 54.7 Å². The third kappa shape index (κ3) is 1.97. The van der Waals surface area contributed by atoms with Gasteiger partial charge in [0.15, 0.2) is 0 Å². The molecule has 0 aliphatic carbocycles. The minimum absolute atomic E-state index is 0.399. The zero-order valence-corrected chi connectivity index (χ0v) is 8.00. The number of nitrogens with two attached hydrogens (primary N) is 1. The molecule has 0 bridgehead atoms. The number of benzene rings is 1. The summed E-state index contributed by atoms with van der Waals surface area (Å²) >= 11 is 0. The molecule has 2 rings (SSSR count).